The van der Waals surface area contributed by atoms with E-state index in [2.05, 4.69) is 4.98 Å². The Hall–Kier alpha value is -2.36. The molecule has 20 heavy (non-hydrogen) atoms. The Morgan fingerprint density at radius 3 is 2.25 bits per heavy atom. The summed E-state index contributed by atoms with van der Waals surface area (Å²) in [6, 6.07) is 15.2. The van der Waals surface area contributed by atoms with E-state index in [1.807, 2.05) is 30.3 Å². The third-order valence-electron chi connectivity index (χ3n) is 3.16. The molecule has 0 N–H and O–H groups in total. The summed E-state index contributed by atoms with van der Waals surface area (Å²) in [6.07, 6.45) is -2.98. The Labute approximate surface area is 113 Å². The Kier molecular flexibility index (Phi) is 2.93. The number of rotatable bonds is 1. The number of alkyl halides is 3. The molecule has 0 bridgehead atoms. The van der Waals surface area contributed by atoms with E-state index in [0.29, 0.717) is 5.39 Å². The molecule has 2 aromatic carbocycles. The van der Waals surface area contributed by atoms with Gasteiger partial charge in [0.1, 0.15) is 0 Å². The summed E-state index contributed by atoms with van der Waals surface area (Å²) in [5.74, 6) is 0. The van der Waals surface area contributed by atoms with Crippen molar-refractivity contribution in [1.29, 1.82) is 0 Å². The van der Waals surface area contributed by atoms with Gasteiger partial charge in [0.25, 0.3) is 0 Å². The highest BCUT2D eigenvalue weighted by Gasteiger charge is 2.33. The zero-order valence-electron chi connectivity index (χ0n) is 10.4. The average molecular weight is 273 g/mol. The number of hydrogen-bond donors (Lipinski definition) is 0. The number of halogens is 3. The minimum atomic E-state index is -4.40. The van der Waals surface area contributed by atoms with E-state index in [9.17, 15) is 13.2 Å². The van der Waals surface area contributed by atoms with Crippen LogP contribution in [0, 0.1) is 0 Å². The van der Waals surface area contributed by atoms with E-state index in [1.54, 1.807) is 12.1 Å². The van der Waals surface area contributed by atoms with Crippen LogP contribution in [0.4, 0.5) is 13.2 Å². The Morgan fingerprint density at radius 1 is 0.800 bits per heavy atom. The molecule has 0 unspecified atom stereocenters. The quantitative estimate of drug-likeness (QED) is 0.613. The fourth-order valence-electron chi connectivity index (χ4n) is 2.27. The third-order valence-corrected chi connectivity index (χ3v) is 3.16. The maximum absolute atomic E-state index is 13.0. The van der Waals surface area contributed by atoms with Gasteiger partial charge < -0.3 is 0 Å². The summed E-state index contributed by atoms with van der Waals surface area (Å²) in [6.45, 7) is 0. The van der Waals surface area contributed by atoms with Crippen molar-refractivity contribution in [3.05, 3.63) is 66.4 Å². The number of pyridine rings is 1. The van der Waals surface area contributed by atoms with Gasteiger partial charge in [-0.05, 0) is 23.3 Å². The molecule has 0 aliphatic heterocycles. The summed E-state index contributed by atoms with van der Waals surface area (Å²) >= 11 is 0. The Bertz CT molecular complexity index is 749. The average Bonchev–Trinajstić information content (AvgIpc) is 2.46. The summed E-state index contributed by atoms with van der Waals surface area (Å²) in [5.41, 5.74) is 0.912. The van der Waals surface area contributed by atoms with E-state index in [-0.39, 0.29) is 5.52 Å². The van der Waals surface area contributed by atoms with Crippen molar-refractivity contribution in [2.75, 3.05) is 0 Å². The SMILES string of the molecule is FC(F)(F)c1cccc2c(-c3ccccc3)ccnc12. The molecule has 0 atom stereocenters. The maximum atomic E-state index is 13.0. The molecular formula is C16H10F3N. The van der Waals surface area contributed by atoms with Gasteiger partial charge in [-0.2, -0.15) is 13.2 Å². The topological polar surface area (TPSA) is 12.9 Å². The highest BCUT2D eigenvalue weighted by Crippen LogP contribution is 2.36. The molecule has 0 spiro atoms. The first kappa shape index (κ1) is 12.7. The van der Waals surface area contributed by atoms with Gasteiger partial charge in [-0.25, -0.2) is 0 Å². The third kappa shape index (κ3) is 2.13. The lowest BCUT2D eigenvalue weighted by Crippen LogP contribution is -2.06. The first-order valence-corrected chi connectivity index (χ1v) is 6.08. The molecule has 3 rings (SSSR count). The lowest BCUT2D eigenvalue weighted by atomic mass is 9.99. The molecule has 0 amide bonds. The zero-order chi connectivity index (χ0) is 14.2. The molecular weight excluding hydrogens is 263 g/mol. The first-order valence-electron chi connectivity index (χ1n) is 6.08. The number of para-hydroxylation sites is 1. The fourth-order valence-corrected chi connectivity index (χ4v) is 2.27. The number of fused-ring (bicyclic) bond motifs is 1. The maximum Gasteiger partial charge on any atom is 0.418 e. The minimum absolute atomic E-state index is 0.0126. The fraction of sp³-hybridized carbons (Fsp3) is 0.0625. The van der Waals surface area contributed by atoms with Gasteiger partial charge in [-0.15, -0.1) is 0 Å². The van der Waals surface area contributed by atoms with Crippen LogP contribution in [0.2, 0.25) is 0 Å². The highest BCUT2D eigenvalue weighted by molar-refractivity contribution is 5.96. The van der Waals surface area contributed by atoms with Crippen molar-refractivity contribution in [3.63, 3.8) is 0 Å². The van der Waals surface area contributed by atoms with Crippen molar-refractivity contribution < 1.29 is 13.2 Å². The van der Waals surface area contributed by atoms with E-state index in [0.717, 1.165) is 17.2 Å². The zero-order valence-corrected chi connectivity index (χ0v) is 10.4. The van der Waals surface area contributed by atoms with Gasteiger partial charge in [0, 0.05) is 11.6 Å². The predicted octanol–water partition coefficient (Wildman–Crippen LogP) is 4.92. The molecule has 1 heterocycles. The molecule has 0 radical (unpaired) electrons. The lowest BCUT2D eigenvalue weighted by Gasteiger charge is -2.12. The number of nitrogens with zero attached hydrogens (tertiary/aromatic N) is 1. The molecule has 3 aromatic rings. The van der Waals surface area contributed by atoms with Crippen molar-refractivity contribution >= 4 is 10.9 Å². The Balaban J connectivity index is 2.32. The molecule has 0 aliphatic carbocycles. The number of aromatic nitrogens is 1. The van der Waals surface area contributed by atoms with Crippen LogP contribution in [0.3, 0.4) is 0 Å². The summed E-state index contributed by atoms with van der Waals surface area (Å²) in [7, 11) is 0. The molecule has 100 valence electrons. The highest BCUT2D eigenvalue weighted by atomic mass is 19.4. The van der Waals surface area contributed by atoms with Crippen LogP contribution in [0.5, 0.6) is 0 Å². The number of benzene rings is 2. The monoisotopic (exact) mass is 273 g/mol. The van der Waals surface area contributed by atoms with Gasteiger partial charge in [0.2, 0.25) is 0 Å². The van der Waals surface area contributed by atoms with E-state index in [1.165, 1.54) is 12.3 Å². The molecule has 0 saturated heterocycles. The van der Waals surface area contributed by atoms with E-state index < -0.39 is 11.7 Å². The van der Waals surface area contributed by atoms with Gasteiger partial charge in [0.05, 0.1) is 11.1 Å². The second-order valence-electron chi connectivity index (χ2n) is 4.42. The number of hydrogen-bond acceptors (Lipinski definition) is 1. The van der Waals surface area contributed by atoms with Crippen molar-refractivity contribution in [2.24, 2.45) is 0 Å². The van der Waals surface area contributed by atoms with Crippen LogP contribution >= 0.6 is 0 Å². The molecule has 4 heteroatoms. The largest absolute Gasteiger partial charge is 0.418 e. The second kappa shape index (κ2) is 4.63. The van der Waals surface area contributed by atoms with Gasteiger partial charge in [-0.1, -0.05) is 42.5 Å². The predicted molar refractivity (Wildman–Crippen MR) is 72.2 cm³/mol. The van der Waals surface area contributed by atoms with Crippen LogP contribution in [-0.4, -0.2) is 4.98 Å². The molecule has 1 aromatic heterocycles. The van der Waals surface area contributed by atoms with Gasteiger partial charge in [0.15, 0.2) is 0 Å². The normalized spacial score (nSPS) is 11.8. The summed E-state index contributed by atoms with van der Waals surface area (Å²) < 4.78 is 39.0. The van der Waals surface area contributed by atoms with E-state index in [4.69, 9.17) is 0 Å². The molecule has 1 nitrogen and oxygen atoms in total. The molecule has 0 fully saturated rings. The smallest absolute Gasteiger partial charge is 0.256 e. The second-order valence-corrected chi connectivity index (χ2v) is 4.42. The standard InChI is InChI=1S/C16H10F3N/c17-16(18,19)14-8-4-7-13-12(9-10-20-15(13)14)11-5-2-1-3-6-11/h1-10H. The summed E-state index contributed by atoms with van der Waals surface area (Å²) in [4.78, 5) is 3.91. The van der Waals surface area contributed by atoms with Crippen molar-refractivity contribution in [3.8, 4) is 11.1 Å². The molecule has 0 aliphatic rings. The van der Waals surface area contributed by atoms with E-state index >= 15 is 0 Å². The Morgan fingerprint density at radius 2 is 1.55 bits per heavy atom. The molecule has 0 saturated carbocycles. The van der Waals surface area contributed by atoms with Crippen molar-refractivity contribution in [1.82, 2.24) is 4.98 Å². The first-order chi connectivity index (χ1) is 9.57. The van der Waals surface area contributed by atoms with Gasteiger partial charge >= 0.3 is 6.18 Å². The van der Waals surface area contributed by atoms with Crippen LogP contribution in [0.15, 0.2) is 60.8 Å². The van der Waals surface area contributed by atoms with Crippen molar-refractivity contribution in [2.45, 2.75) is 6.18 Å². The van der Waals surface area contributed by atoms with Crippen LogP contribution in [-0.2, 0) is 6.18 Å². The van der Waals surface area contributed by atoms with Crippen LogP contribution < -0.4 is 0 Å². The lowest BCUT2D eigenvalue weighted by molar-refractivity contribution is -0.136. The summed E-state index contributed by atoms with van der Waals surface area (Å²) in [5, 5.41) is 0.508. The minimum Gasteiger partial charge on any atom is -0.256 e. The van der Waals surface area contributed by atoms with Crippen LogP contribution in [0.1, 0.15) is 5.56 Å². The van der Waals surface area contributed by atoms with Gasteiger partial charge in [-0.3, -0.25) is 4.98 Å². The van der Waals surface area contributed by atoms with Crippen LogP contribution in [0.25, 0.3) is 22.0 Å².